The molecule has 2 heteroatoms. The van der Waals surface area contributed by atoms with Crippen LogP contribution in [-0.2, 0) is 0 Å². The van der Waals surface area contributed by atoms with Crippen molar-refractivity contribution in [3.05, 3.63) is 0 Å². The second-order valence-electron chi connectivity index (χ2n) is 5.67. The fraction of sp³-hybridized carbons (Fsp3) is 1.00. The van der Waals surface area contributed by atoms with Gasteiger partial charge in [-0.2, -0.15) is 0 Å². The van der Waals surface area contributed by atoms with Gasteiger partial charge in [0, 0.05) is 25.7 Å². The Hall–Kier alpha value is -0.0800. The summed E-state index contributed by atoms with van der Waals surface area (Å²) >= 11 is 0. The van der Waals surface area contributed by atoms with Crippen molar-refractivity contribution in [2.24, 2.45) is 17.8 Å². The third kappa shape index (κ3) is 2.29. The van der Waals surface area contributed by atoms with Gasteiger partial charge in [-0.3, -0.25) is 0 Å². The van der Waals surface area contributed by atoms with Crippen LogP contribution in [0.3, 0.4) is 0 Å². The summed E-state index contributed by atoms with van der Waals surface area (Å²) < 4.78 is 0. The van der Waals surface area contributed by atoms with Gasteiger partial charge >= 0.3 is 0 Å². The molecule has 2 aliphatic heterocycles. The fourth-order valence-corrected chi connectivity index (χ4v) is 3.04. The topological polar surface area (TPSA) is 15.3 Å². The average molecular weight is 196 g/mol. The Morgan fingerprint density at radius 1 is 1.36 bits per heavy atom. The molecule has 14 heavy (non-hydrogen) atoms. The van der Waals surface area contributed by atoms with Crippen LogP contribution in [0.5, 0.6) is 0 Å². The van der Waals surface area contributed by atoms with E-state index in [2.05, 4.69) is 31.0 Å². The number of likely N-dealkylation sites (tertiary alicyclic amines) is 1. The molecule has 2 bridgehead atoms. The van der Waals surface area contributed by atoms with E-state index in [1.807, 2.05) is 0 Å². The molecule has 82 valence electrons. The van der Waals surface area contributed by atoms with E-state index >= 15 is 0 Å². The molecule has 2 aliphatic rings. The molecule has 0 radical (unpaired) electrons. The summed E-state index contributed by atoms with van der Waals surface area (Å²) in [6.45, 7) is 12.2. The van der Waals surface area contributed by atoms with E-state index in [9.17, 15) is 0 Å². The van der Waals surface area contributed by atoms with Crippen molar-refractivity contribution in [2.45, 2.75) is 33.2 Å². The third-order valence-corrected chi connectivity index (χ3v) is 3.70. The second kappa shape index (κ2) is 4.19. The largest absolute Gasteiger partial charge is 0.314 e. The molecule has 3 atom stereocenters. The highest BCUT2D eigenvalue weighted by Gasteiger charge is 2.34. The average Bonchev–Trinajstić information content (AvgIpc) is 2.11. The zero-order valence-corrected chi connectivity index (χ0v) is 9.79. The van der Waals surface area contributed by atoms with Gasteiger partial charge in [0.1, 0.15) is 0 Å². The van der Waals surface area contributed by atoms with Gasteiger partial charge in [0.05, 0.1) is 0 Å². The summed E-state index contributed by atoms with van der Waals surface area (Å²) in [5.41, 5.74) is 0. The van der Waals surface area contributed by atoms with E-state index in [1.54, 1.807) is 0 Å². The summed E-state index contributed by atoms with van der Waals surface area (Å²) in [5, 5.41) is 3.63. The Kier molecular flexibility index (Phi) is 3.13. The van der Waals surface area contributed by atoms with Crippen LogP contribution in [0, 0.1) is 17.8 Å². The molecule has 0 aliphatic carbocycles. The molecular weight excluding hydrogens is 172 g/mol. The Bertz CT molecular complexity index is 191. The quantitative estimate of drug-likeness (QED) is 0.721. The number of hydrogen-bond donors (Lipinski definition) is 1. The monoisotopic (exact) mass is 196 g/mol. The smallest absolute Gasteiger partial charge is 0.00794 e. The number of nitrogens with zero attached hydrogens (tertiary/aromatic N) is 1. The first-order valence-corrected chi connectivity index (χ1v) is 6.11. The van der Waals surface area contributed by atoms with Gasteiger partial charge in [0.2, 0.25) is 0 Å². The Morgan fingerprint density at radius 3 is 2.86 bits per heavy atom. The predicted octanol–water partition coefficient (Wildman–Crippen LogP) is 1.57. The Labute approximate surface area is 88.1 Å². The van der Waals surface area contributed by atoms with Crippen molar-refractivity contribution in [3.63, 3.8) is 0 Å². The molecule has 1 N–H and O–H groups in total. The molecule has 2 rings (SSSR count). The molecule has 0 aromatic heterocycles. The number of rotatable bonds is 2. The summed E-state index contributed by atoms with van der Waals surface area (Å²) in [5.74, 6) is 2.64. The van der Waals surface area contributed by atoms with Crippen LogP contribution in [-0.4, -0.2) is 37.1 Å². The van der Waals surface area contributed by atoms with Crippen molar-refractivity contribution >= 4 is 0 Å². The zero-order valence-electron chi connectivity index (χ0n) is 9.79. The van der Waals surface area contributed by atoms with Crippen LogP contribution in [0.4, 0.5) is 0 Å². The van der Waals surface area contributed by atoms with Crippen LogP contribution < -0.4 is 5.32 Å². The van der Waals surface area contributed by atoms with Crippen LogP contribution in [0.25, 0.3) is 0 Å². The fourth-order valence-electron chi connectivity index (χ4n) is 3.04. The van der Waals surface area contributed by atoms with E-state index in [1.165, 1.54) is 32.6 Å². The molecule has 2 nitrogen and oxygen atoms in total. The van der Waals surface area contributed by atoms with Crippen LogP contribution in [0.15, 0.2) is 0 Å². The van der Waals surface area contributed by atoms with Gasteiger partial charge < -0.3 is 10.2 Å². The SMILES string of the molecule is CC(C)CN1C[C@@H]2CN[C@H](C)[C@H](C2)C1. The van der Waals surface area contributed by atoms with Gasteiger partial charge in [0.15, 0.2) is 0 Å². The van der Waals surface area contributed by atoms with E-state index in [0.717, 1.165) is 23.8 Å². The molecule has 0 spiro atoms. The van der Waals surface area contributed by atoms with Gasteiger partial charge in [-0.05, 0) is 37.6 Å². The normalized spacial score (nSPS) is 39.0. The summed E-state index contributed by atoms with van der Waals surface area (Å²) in [4.78, 5) is 2.68. The standard InChI is InChI=1S/C12H24N2/c1-9(2)6-14-7-11-4-12(8-14)10(3)13-5-11/h9-13H,4-8H2,1-3H3/t10-,11+,12-/m1/s1. The highest BCUT2D eigenvalue weighted by Crippen LogP contribution is 2.28. The van der Waals surface area contributed by atoms with Crippen LogP contribution >= 0.6 is 0 Å². The minimum atomic E-state index is 0.737. The zero-order chi connectivity index (χ0) is 10.1. The van der Waals surface area contributed by atoms with E-state index in [4.69, 9.17) is 0 Å². The van der Waals surface area contributed by atoms with Crippen LogP contribution in [0.1, 0.15) is 27.2 Å². The Morgan fingerprint density at radius 2 is 2.14 bits per heavy atom. The molecule has 2 saturated heterocycles. The highest BCUT2D eigenvalue weighted by atomic mass is 15.2. The first kappa shape index (κ1) is 10.4. The summed E-state index contributed by atoms with van der Waals surface area (Å²) in [6, 6.07) is 0.737. The second-order valence-corrected chi connectivity index (χ2v) is 5.67. The lowest BCUT2D eigenvalue weighted by molar-refractivity contribution is 0.0654. The highest BCUT2D eigenvalue weighted by molar-refractivity contribution is 4.90. The van der Waals surface area contributed by atoms with E-state index in [-0.39, 0.29) is 0 Å². The molecule has 2 heterocycles. The summed E-state index contributed by atoms with van der Waals surface area (Å²) in [7, 11) is 0. The minimum Gasteiger partial charge on any atom is -0.314 e. The minimum absolute atomic E-state index is 0.737. The van der Waals surface area contributed by atoms with Crippen LogP contribution in [0.2, 0.25) is 0 Å². The Balaban J connectivity index is 1.91. The van der Waals surface area contributed by atoms with Gasteiger partial charge in [-0.25, -0.2) is 0 Å². The number of fused-ring (bicyclic) bond motifs is 2. The van der Waals surface area contributed by atoms with Crippen molar-refractivity contribution in [3.8, 4) is 0 Å². The lowest BCUT2D eigenvalue weighted by atomic mass is 9.81. The lowest BCUT2D eigenvalue weighted by Gasteiger charge is -2.45. The first-order valence-electron chi connectivity index (χ1n) is 6.11. The number of hydrogen-bond acceptors (Lipinski definition) is 2. The maximum absolute atomic E-state index is 3.63. The maximum Gasteiger partial charge on any atom is 0.00794 e. The van der Waals surface area contributed by atoms with Gasteiger partial charge in [-0.15, -0.1) is 0 Å². The molecule has 0 aromatic rings. The third-order valence-electron chi connectivity index (χ3n) is 3.70. The van der Waals surface area contributed by atoms with Gasteiger partial charge in [0.25, 0.3) is 0 Å². The van der Waals surface area contributed by atoms with Crippen molar-refractivity contribution in [1.82, 2.24) is 10.2 Å². The maximum atomic E-state index is 3.63. The molecule has 0 aromatic carbocycles. The number of nitrogens with one attached hydrogen (secondary N) is 1. The van der Waals surface area contributed by atoms with Crippen molar-refractivity contribution < 1.29 is 0 Å². The predicted molar refractivity (Wildman–Crippen MR) is 60.3 cm³/mol. The molecular formula is C12H24N2. The molecule has 2 fully saturated rings. The van der Waals surface area contributed by atoms with Gasteiger partial charge in [-0.1, -0.05) is 13.8 Å². The van der Waals surface area contributed by atoms with Crippen molar-refractivity contribution in [1.29, 1.82) is 0 Å². The van der Waals surface area contributed by atoms with E-state index in [0.29, 0.717) is 0 Å². The summed E-state index contributed by atoms with van der Waals surface area (Å²) in [6.07, 6.45) is 1.46. The molecule has 0 saturated carbocycles. The molecule has 0 unspecified atom stereocenters. The first-order chi connectivity index (χ1) is 6.65. The lowest BCUT2D eigenvalue weighted by Crippen LogP contribution is -2.55. The number of piperidine rings is 2. The molecule has 0 amide bonds. The van der Waals surface area contributed by atoms with Crippen molar-refractivity contribution in [2.75, 3.05) is 26.2 Å². The van der Waals surface area contributed by atoms with E-state index < -0.39 is 0 Å².